The summed E-state index contributed by atoms with van der Waals surface area (Å²) in [6.45, 7) is 3.18. The van der Waals surface area contributed by atoms with Gasteiger partial charge in [-0.05, 0) is 75.4 Å². The van der Waals surface area contributed by atoms with Crippen LogP contribution in [0.2, 0.25) is 0 Å². The number of carbonyl (C=O) groups is 2. The summed E-state index contributed by atoms with van der Waals surface area (Å²) in [5, 5.41) is 11.3. The van der Waals surface area contributed by atoms with Crippen LogP contribution in [0.1, 0.15) is 36.1 Å². The number of carbonyl (C=O) groups excluding carboxylic acids is 2. The number of hydrogen-bond donors (Lipinski definition) is 1. The van der Waals surface area contributed by atoms with Gasteiger partial charge >= 0.3 is 0 Å². The molecule has 2 atom stereocenters. The molecule has 2 aliphatic rings. The summed E-state index contributed by atoms with van der Waals surface area (Å²) in [7, 11) is 5.52. The normalized spacial score (nSPS) is 21.4. The second-order valence-electron chi connectivity index (χ2n) is 8.88. The number of nitrogens with zero attached hydrogens (tertiary/aromatic N) is 2. The average Bonchev–Trinajstić information content (AvgIpc) is 3.29. The molecule has 0 saturated carbocycles. The van der Waals surface area contributed by atoms with E-state index in [1.807, 2.05) is 50.2 Å². The maximum Gasteiger partial charge on any atom is 0.295 e. The summed E-state index contributed by atoms with van der Waals surface area (Å²) in [6, 6.07) is 12.0. The number of aliphatic hydroxyl groups is 1. The monoisotopic (exact) mass is 450 g/mol. The Morgan fingerprint density at radius 1 is 1.18 bits per heavy atom. The maximum atomic E-state index is 13.2. The van der Waals surface area contributed by atoms with Gasteiger partial charge in [-0.2, -0.15) is 0 Å². The summed E-state index contributed by atoms with van der Waals surface area (Å²) in [6.07, 6.45) is 1.51. The molecule has 2 aliphatic heterocycles. The van der Waals surface area contributed by atoms with Gasteiger partial charge in [0.05, 0.1) is 18.7 Å². The van der Waals surface area contributed by atoms with E-state index in [2.05, 4.69) is 0 Å². The quantitative estimate of drug-likeness (QED) is 0.396. The number of aliphatic hydroxyl groups excluding tert-OH is 1. The van der Waals surface area contributed by atoms with Crippen LogP contribution < -0.4 is 9.47 Å². The van der Waals surface area contributed by atoms with Gasteiger partial charge in [0.15, 0.2) is 0 Å². The summed E-state index contributed by atoms with van der Waals surface area (Å²) in [5.74, 6) is 0.0510. The van der Waals surface area contributed by atoms with Crippen molar-refractivity contribution in [3.63, 3.8) is 0 Å². The van der Waals surface area contributed by atoms with Gasteiger partial charge in [-0.1, -0.05) is 12.1 Å². The van der Waals surface area contributed by atoms with Gasteiger partial charge in [-0.3, -0.25) is 9.59 Å². The third-order valence-electron chi connectivity index (χ3n) is 6.15. The smallest absolute Gasteiger partial charge is 0.295 e. The van der Waals surface area contributed by atoms with Crippen molar-refractivity contribution in [3.05, 3.63) is 64.7 Å². The zero-order valence-electron chi connectivity index (χ0n) is 19.5. The van der Waals surface area contributed by atoms with Crippen molar-refractivity contribution in [1.29, 1.82) is 0 Å². The van der Waals surface area contributed by atoms with Crippen molar-refractivity contribution >= 4 is 17.4 Å². The molecule has 0 bridgehead atoms. The van der Waals surface area contributed by atoms with Crippen LogP contribution in [-0.2, 0) is 16.0 Å². The van der Waals surface area contributed by atoms with Gasteiger partial charge in [0.2, 0.25) is 0 Å². The van der Waals surface area contributed by atoms with E-state index in [4.69, 9.17) is 9.47 Å². The lowest BCUT2D eigenvalue weighted by molar-refractivity contribution is -0.139. The first-order chi connectivity index (χ1) is 15.8. The predicted octanol–water partition coefficient (Wildman–Crippen LogP) is 3.39. The van der Waals surface area contributed by atoms with Gasteiger partial charge in [-0.15, -0.1) is 0 Å². The molecule has 174 valence electrons. The molecule has 2 aromatic rings. The van der Waals surface area contributed by atoms with E-state index in [1.54, 1.807) is 30.2 Å². The lowest BCUT2D eigenvalue weighted by Crippen LogP contribution is -2.32. The number of Topliss-reactive ketones (excluding diaryl/α,β-unsaturated/α-hetero) is 1. The van der Waals surface area contributed by atoms with E-state index >= 15 is 0 Å². The third-order valence-corrected chi connectivity index (χ3v) is 6.15. The zero-order chi connectivity index (χ0) is 23.7. The van der Waals surface area contributed by atoms with Crippen molar-refractivity contribution in [1.82, 2.24) is 9.80 Å². The fraction of sp³-hybridized carbons (Fsp3) is 0.385. The Hall–Kier alpha value is -3.32. The Morgan fingerprint density at radius 3 is 2.58 bits per heavy atom. The first kappa shape index (κ1) is 22.9. The van der Waals surface area contributed by atoms with E-state index in [0.717, 1.165) is 29.8 Å². The highest BCUT2D eigenvalue weighted by atomic mass is 16.5. The number of benzene rings is 2. The summed E-state index contributed by atoms with van der Waals surface area (Å²) < 4.78 is 11.0. The molecular formula is C26H30N2O5. The topological polar surface area (TPSA) is 79.3 Å². The molecule has 1 fully saturated rings. The van der Waals surface area contributed by atoms with Gasteiger partial charge in [0, 0.05) is 18.5 Å². The highest BCUT2D eigenvalue weighted by molar-refractivity contribution is 6.46. The number of fused-ring (bicyclic) bond motifs is 1. The van der Waals surface area contributed by atoms with Crippen molar-refractivity contribution in [2.24, 2.45) is 0 Å². The van der Waals surface area contributed by atoms with Crippen molar-refractivity contribution in [2.45, 2.75) is 31.9 Å². The van der Waals surface area contributed by atoms with Gasteiger partial charge in [0.1, 0.15) is 23.4 Å². The minimum atomic E-state index is -0.665. The fourth-order valence-electron chi connectivity index (χ4n) is 4.53. The highest BCUT2D eigenvalue weighted by Crippen LogP contribution is 2.41. The predicted molar refractivity (Wildman–Crippen MR) is 125 cm³/mol. The van der Waals surface area contributed by atoms with Crippen LogP contribution in [0.25, 0.3) is 5.76 Å². The van der Waals surface area contributed by atoms with Crippen LogP contribution in [-0.4, -0.2) is 67.0 Å². The molecule has 2 heterocycles. The highest BCUT2D eigenvalue weighted by Gasteiger charge is 2.45. The Balaban J connectivity index is 1.77. The second kappa shape index (κ2) is 9.27. The summed E-state index contributed by atoms with van der Waals surface area (Å²) in [4.78, 5) is 29.8. The van der Waals surface area contributed by atoms with Gasteiger partial charge < -0.3 is 24.4 Å². The molecule has 1 N–H and O–H groups in total. The molecule has 1 saturated heterocycles. The molecule has 4 rings (SSSR count). The molecule has 0 radical (unpaired) electrons. The Labute approximate surface area is 194 Å². The lowest BCUT2D eigenvalue weighted by Gasteiger charge is -2.26. The molecular weight excluding hydrogens is 420 g/mol. The Morgan fingerprint density at radius 2 is 1.91 bits per heavy atom. The van der Waals surface area contributed by atoms with Crippen molar-refractivity contribution < 1.29 is 24.2 Å². The van der Waals surface area contributed by atoms with Gasteiger partial charge in [0.25, 0.3) is 11.7 Å². The minimum absolute atomic E-state index is 0.0685. The van der Waals surface area contributed by atoms with Crippen LogP contribution in [0.3, 0.4) is 0 Å². The summed E-state index contributed by atoms with van der Waals surface area (Å²) >= 11 is 0. The molecule has 0 unspecified atom stereocenters. The van der Waals surface area contributed by atoms with E-state index in [9.17, 15) is 14.7 Å². The number of amides is 1. The standard InChI is InChI=1S/C26H30N2O5/c1-16-14-19-15-18(8-11-21(19)33-16)24(29)22-23(17-6-9-20(32-4)10-7-17)28(26(31)25(22)30)13-5-12-27(2)3/h6-11,15-16,23,29H,5,12-14H2,1-4H3/t16-,23-/m1/s1. The molecule has 1 amide bonds. The largest absolute Gasteiger partial charge is 0.507 e. The number of hydrogen-bond acceptors (Lipinski definition) is 6. The SMILES string of the molecule is COc1ccc([C@@H]2C(=C(O)c3ccc4c(c3)C[C@@H](C)O4)C(=O)C(=O)N2CCCN(C)C)cc1. The average molecular weight is 451 g/mol. The number of likely N-dealkylation sites (tertiary alicyclic amines) is 1. The first-order valence-corrected chi connectivity index (χ1v) is 11.2. The Bertz CT molecular complexity index is 1090. The molecule has 7 heteroatoms. The van der Waals surface area contributed by atoms with Crippen molar-refractivity contribution in [3.8, 4) is 11.5 Å². The number of ether oxygens (including phenoxy) is 2. The molecule has 0 aromatic heterocycles. The second-order valence-corrected chi connectivity index (χ2v) is 8.88. The molecule has 2 aromatic carbocycles. The van der Waals surface area contributed by atoms with E-state index in [1.165, 1.54) is 0 Å². The van der Waals surface area contributed by atoms with Crippen LogP contribution in [0.15, 0.2) is 48.0 Å². The molecule has 0 aliphatic carbocycles. The molecule has 0 spiro atoms. The number of methoxy groups -OCH3 is 1. The van der Waals surface area contributed by atoms with Crippen LogP contribution >= 0.6 is 0 Å². The van der Waals surface area contributed by atoms with Crippen molar-refractivity contribution in [2.75, 3.05) is 34.3 Å². The maximum absolute atomic E-state index is 13.2. The minimum Gasteiger partial charge on any atom is -0.507 e. The number of ketones is 1. The number of rotatable bonds is 7. The Kier molecular flexibility index (Phi) is 6.42. The van der Waals surface area contributed by atoms with E-state index in [-0.39, 0.29) is 17.4 Å². The van der Waals surface area contributed by atoms with Crippen LogP contribution in [0.5, 0.6) is 11.5 Å². The lowest BCUT2D eigenvalue weighted by atomic mass is 9.94. The van der Waals surface area contributed by atoms with Crippen LogP contribution in [0, 0.1) is 0 Å². The fourth-order valence-corrected chi connectivity index (χ4v) is 4.53. The molecule has 7 nitrogen and oxygen atoms in total. The summed E-state index contributed by atoms with van der Waals surface area (Å²) in [5.41, 5.74) is 2.35. The van der Waals surface area contributed by atoms with E-state index < -0.39 is 17.7 Å². The van der Waals surface area contributed by atoms with Crippen LogP contribution in [0.4, 0.5) is 0 Å². The zero-order valence-corrected chi connectivity index (χ0v) is 19.5. The van der Waals surface area contributed by atoms with E-state index in [0.29, 0.717) is 24.3 Å². The third kappa shape index (κ3) is 4.46. The molecule has 33 heavy (non-hydrogen) atoms. The first-order valence-electron chi connectivity index (χ1n) is 11.2. The van der Waals surface area contributed by atoms with Gasteiger partial charge in [-0.25, -0.2) is 0 Å².